The van der Waals surface area contributed by atoms with Crippen LogP contribution in [0.15, 0.2) is 77.7 Å². The molecule has 1 fully saturated rings. The van der Waals surface area contributed by atoms with Gasteiger partial charge in [0.1, 0.15) is 0 Å². The van der Waals surface area contributed by atoms with Crippen molar-refractivity contribution >= 4 is 27.4 Å². The number of Topliss-reactive ketones (excluding diaryl/α,β-unsaturated/α-hetero) is 1. The molecule has 0 atom stereocenters. The first kappa shape index (κ1) is 23.7. The Hall–Kier alpha value is -3.45. The third kappa shape index (κ3) is 5.04. The normalized spacial score (nSPS) is 14.6. The van der Waals surface area contributed by atoms with Gasteiger partial charge in [0.15, 0.2) is 5.78 Å². The molecule has 0 saturated carbocycles. The number of hydrogen-bond donors (Lipinski definition) is 1. The van der Waals surface area contributed by atoms with Crippen molar-refractivity contribution in [2.45, 2.75) is 31.6 Å². The minimum absolute atomic E-state index is 0.0878. The summed E-state index contributed by atoms with van der Waals surface area (Å²) in [6, 6.07) is 20.7. The first-order valence-corrected chi connectivity index (χ1v) is 12.8. The average Bonchev–Trinajstić information content (AvgIpc) is 2.86. The van der Waals surface area contributed by atoms with Crippen molar-refractivity contribution in [1.82, 2.24) is 4.90 Å². The van der Waals surface area contributed by atoms with Crippen LogP contribution in [-0.4, -0.2) is 38.1 Å². The smallest absolute Gasteiger partial charge is 0.261 e. The Bertz CT molecular complexity index is 1290. The second-order valence-corrected chi connectivity index (χ2v) is 10.4. The van der Waals surface area contributed by atoms with Gasteiger partial charge in [0.05, 0.1) is 10.6 Å². The fourth-order valence-electron chi connectivity index (χ4n) is 4.21. The highest BCUT2D eigenvalue weighted by atomic mass is 32.2. The van der Waals surface area contributed by atoms with E-state index in [9.17, 15) is 18.0 Å². The molecule has 1 aliphatic heterocycles. The molecule has 0 spiro atoms. The van der Waals surface area contributed by atoms with Gasteiger partial charge in [-0.1, -0.05) is 42.5 Å². The van der Waals surface area contributed by atoms with Gasteiger partial charge in [0.2, 0.25) is 0 Å². The van der Waals surface area contributed by atoms with Crippen molar-refractivity contribution in [3.63, 3.8) is 0 Å². The van der Waals surface area contributed by atoms with Crippen LogP contribution in [0.25, 0.3) is 0 Å². The van der Waals surface area contributed by atoms with Crippen LogP contribution in [0.5, 0.6) is 0 Å². The highest BCUT2D eigenvalue weighted by Crippen LogP contribution is 2.25. The minimum atomic E-state index is -3.78. The molecule has 0 bridgehead atoms. The average molecular weight is 477 g/mol. The minimum Gasteiger partial charge on any atom is -0.339 e. The van der Waals surface area contributed by atoms with Gasteiger partial charge in [-0.25, -0.2) is 8.42 Å². The molecule has 1 saturated heterocycles. The van der Waals surface area contributed by atoms with Crippen LogP contribution in [0.3, 0.4) is 0 Å². The molecule has 6 nitrogen and oxygen atoms in total. The van der Waals surface area contributed by atoms with Crippen LogP contribution < -0.4 is 4.72 Å². The van der Waals surface area contributed by atoms with Gasteiger partial charge in [0, 0.05) is 30.1 Å². The monoisotopic (exact) mass is 476 g/mol. The van der Waals surface area contributed by atoms with E-state index in [0.29, 0.717) is 42.7 Å². The summed E-state index contributed by atoms with van der Waals surface area (Å²) in [7, 11) is -3.78. The molecular formula is C27H28N2O4S. The first-order chi connectivity index (χ1) is 16.3. The lowest BCUT2D eigenvalue weighted by Crippen LogP contribution is -2.40. The zero-order chi connectivity index (χ0) is 24.3. The lowest BCUT2D eigenvalue weighted by atomic mass is 9.88. The molecular weight excluding hydrogens is 448 g/mol. The summed E-state index contributed by atoms with van der Waals surface area (Å²) in [6.07, 6.45) is 1.23. The number of sulfonamides is 1. The molecule has 0 radical (unpaired) electrons. The van der Waals surface area contributed by atoms with E-state index in [1.165, 1.54) is 12.1 Å². The number of ketones is 1. The SMILES string of the molecule is Cc1cccc(NS(=O)(=O)c2ccc(C(=O)N3CCC(C(=O)c4ccccc4)CC3)cc2)c1C. The fraction of sp³-hybridized carbons (Fsp3) is 0.259. The molecule has 0 aromatic heterocycles. The number of rotatable bonds is 6. The third-order valence-electron chi connectivity index (χ3n) is 6.47. The van der Waals surface area contributed by atoms with Gasteiger partial charge in [-0.3, -0.25) is 14.3 Å². The molecule has 3 aromatic rings. The van der Waals surface area contributed by atoms with Crippen molar-refractivity contribution in [2.24, 2.45) is 5.92 Å². The summed E-state index contributed by atoms with van der Waals surface area (Å²) in [5.41, 5.74) is 3.53. The number of piperidine rings is 1. The number of carbonyl (C=O) groups excluding carboxylic acids is 2. The Morgan fingerprint density at radius 2 is 1.47 bits per heavy atom. The number of nitrogens with one attached hydrogen (secondary N) is 1. The molecule has 0 unspecified atom stereocenters. The van der Waals surface area contributed by atoms with Gasteiger partial charge in [-0.15, -0.1) is 0 Å². The van der Waals surface area contributed by atoms with E-state index in [1.54, 1.807) is 29.2 Å². The van der Waals surface area contributed by atoms with E-state index < -0.39 is 10.0 Å². The number of carbonyl (C=O) groups is 2. The lowest BCUT2D eigenvalue weighted by Gasteiger charge is -2.31. The van der Waals surface area contributed by atoms with Crippen LogP contribution in [-0.2, 0) is 10.0 Å². The number of aryl methyl sites for hydroxylation is 1. The van der Waals surface area contributed by atoms with Crippen LogP contribution in [0.2, 0.25) is 0 Å². The zero-order valence-electron chi connectivity index (χ0n) is 19.3. The summed E-state index contributed by atoms with van der Waals surface area (Å²) in [5.74, 6) is -0.120. The van der Waals surface area contributed by atoms with E-state index in [2.05, 4.69) is 4.72 Å². The molecule has 1 amide bonds. The van der Waals surface area contributed by atoms with Crippen molar-refractivity contribution in [3.05, 3.63) is 95.1 Å². The van der Waals surface area contributed by atoms with E-state index in [1.807, 2.05) is 50.2 Å². The molecule has 1 aliphatic rings. The summed E-state index contributed by atoms with van der Waals surface area (Å²) < 4.78 is 28.3. The number of hydrogen-bond acceptors (Lipinski definition) is 4. The molecule has 3 aromatic carbocycles. The summed E-state index contributed by atoms with van der Waals surface area (Å²) >= 11 is 0. The first-order valence-electron chi connectivity index (χ1n) is 11.3. The summed E-state index contributed by atoms with van der Waals surface area (Å²) in [6.45, 7) is 4.78. The van der Waals surface area contributed by atoms with Crippen LogP contribution in [0, 0.1) is 19.8 Å². The van der Waals surface area contributed by atoms with Gasteiger partial charge < -0.3 is 4.90 Å². The van der Waals surface area contributed by atoms with Crippen LogP contribution in [0.1, 0.15) is 44.7 Å². The number of anilines is 1. The number of benzene rings is 3. The molecule has 1 heterocycles. The topological polar surface area (TPSA) is 83.6 Å². The maximum Gasteiger partial charge on any atom is 0.261 e. The molecule has 0 aliphatic carbocycles. The van der Waals surface area contributed by atoms with Crippen molar-refractivity contribution in [1.29, 1.82) is 0 Å². The van der Waals surface area contributed by atoms with E-state index >= 15 is 0 Å². The predicted octanol–water partition coefficient (Wildman–Crippen LogP) is 4.84. The van der Waals surface area contributed by atoms with Gasteiger partial charge in [-0.05, 0) is 68.1 Å². The number of amides is 1. The van der Waals surface area contributed by atoms with E-state index in [0.717, 1.165) is 11.1 Å². The number of likely N-dealkylation sites (tertiary alicyclic amines) is 1. The van der Waals surface area contributed by atoms with Gasteiger partial charge >= 0.3 is 0 Å². The van der Waals surface area contributed by atoms with Crippen LogP contribution >= 0.6 is 0 Å². The second kappa shape index (κ2) is 9.81. The van der Waals surface area contributed by atoms with Crippen molar-refractivity contribution in [2.75, 3.05) is 17.8 Å². The predicted molar refractivity (Wildman–Crippen MR) is 133 cm³/mol. The fourth-order valence-corrected chi connectivity index (χ4v) is 5.33. The largest absolute Gasteiger partial charge is 0.339 e. The molecule has 1 N–H and O–H groups in total. The Morgan fingerprint density at radius 3 is 2.12 bits per heavy atom. The summed E-state index contributed by atoms with van der Waals surface area (Å²) in [4.78, 5) is 27.5. The lowest BCUT2D eigenvalue weighted by molar-refractivity contribution is 0.0650. The van der Waals surface area contributed by atoms with Crippen LogP contribution in [0.4, 0.5) is 5.69 Å². The van der Waals surface area contributed by atoms with Crippen molar-refractivity contribution in [3.8, 4) is 0 Å². The Labute approximate surface area is 200 Å². The van der Waals surface area contributed by atoms with E-state index in [4.69, 9.17) is 0 Å². The third-order valence-corrected chi connectivity index (χ3v) is 7.85. The molecule has 7 heteroatoms. The molecule has 34 heavy (non-hydrogen) atoms. The Morgan fingerprint density at radius 1 is 0.824 bits per heavy atom. The highest BCUT2D eigenvalue weighted by molar-refractivity contribution is 7.92. The second-order valence-electron chi connectivity index (χ2n) is 8.67. The van der Waals surface area contributed by atoms with Crippen molar-refractivity contribution < 1.29 is 18.0 Å². The standard InChI is InChI=1S/C27H28N2O4S/c1-19-7-6-10-25(20(19)2)28-34(32,33)24-13-11-23(12-14-24)27(31)29-17-15-22(16-18-29)26(30)21-8-4-3-5-9-21/h3-14,22,28H,15-18H2,1-2H3. The maximum absolute atomic E-state index is 13.0. The molecule has 176 valence electrons. The quantitative estimate of drug-likeness (QED) is 0.516. The number of nitrogens with zero attached hydrogens (tertiary/aromatic N) is 1. The maximum atomic E-state index is 13.0. The zero-order valence-corrected chi connectivity index (χ0v) is 20.1. The van der Waals surface area contributed by atoms with E-state index in [-0.39, 0.29) is 22.5 Å². The Kier molecular flexibility index (Phi) is 6.84. The molecule has 4 rings (SSSR count). The summed E-state index contributed by atoms with van der Waals surface area (Å²) in [5, 5.41) is 0. The Balaban J connectivity index is 1.39. The van der Waals surface area contributed by atoms with Gasteiger partial charge in [-0.2, -0.15) is 0 Å². The highest BCUT2D eigenvalue weighted by Gasteiger charge is 2.28. The van der Waals surface area contributed by atoms with Gasteiger partial charge in [0.25, 0.3) is 15.9 Å².